The van der Waals surface area contributed by atoms with Gasteiger partial charge in [-0.05, 0) is 23.6 Å². The van der Waals surface area contributed by atoms with Gasteiger partial charge in [-0.25, -0.2) is 4.79 Å². The van der Waals surface area contributed by atoms with Crippen LogP contribution in [0.1, 0.15) is 18.1 Å². The van der Waals surface area contributed by atoms with E-state index in [4.69, 9.17) is 4.74 Å². The van der Waals surface area contributed by atoms with E-state index < -0.39 is 11.4 Å². The topological polar surface area (TPSA) is 50.1 Å². The van der Waals surface area contributed by atoms with E-state index in [9.17, 15) is 10.1 Å². The number of nitriles is 1. The SMILES string of the molecule is COC(=O)/C=C(/C)C(C#N)(c1ccccc1)c1ccccc1. The molecule has 0 heterocycles. The molecule has 0 bridgehead atoms. The van der Waals surface area contributed by atoms with Crippen LogP contribution in [-0.4, -0.2) is 13.1 Å². The standard InChI is InChI=1S/C19H17NO2/c1-15(13-18(21)22-2)19(14-20,16-9-5-3-6-10-16)17-11-7-4-8-12-17/h3-13H,1-2H3/b15-13-. The lowest BCUT2D eigenvalue weighted by Gasteiger charge is -2.29. The minimum absolute atomic E-state index is 0.469. The van der Waals surface area contributed by atoms with Crippen molar-refractivity contribution in [3.8, 4) is 6.07 Å². The molecule has 0 N–H and O–H groups in total. The summed E-state index contributed by atoms with van der Waals surface area (Å²) in [5.74, 6) is -0.469. The van der Waals surface area contributed by atoms with E-state index >= 15 is 0 Å². The Morgan fingerprint density at radius 2 is 1.50 bits per heavy atom. The molecule has 0 unspecified atom stereocenters. The number of benzene rings is 2. The number of ether oxygens (including phenoxy) is 1. The molecule has 0 saturated heterocycles. The number of nitrogens with zero attached hydrogens (tertiary/aromatic N) is 1. The molecule has 22 heavy (non-hydrogen) atoms. The van der Waals surface area contributed by atoms with Crippen molar-refractivity contribution in [2.75, 3.05) is 7.11 Å². The average molecular weight is 291 g/mol. The second kappa shape index (κ2) is 6.73. The normalized spacial score (nSPS) is 11.6. The molecule has 0 radical (unpaired) electrons. The maximum Gasteiger partial charge on any atom is 0.330 e. The molecule has 2 rings (SSSR count). The summed E-state index contributed by atoms with van der Waals surface area (Å²) in [6.45, 7) is 1.78. The van der Waals surface area contributed by atoms with Crippen LogP contribution in [0.25, 0.3) is 0 Å². The quantitative estimate of drug-likeness (QED) is 0.638. The first kappa shape index (κ1) is 15.5. The van der Waals surface area contributed by atoms with Crippen molar-refractivity contribution in [2.24, 2.45) is 0 Å². The number of carbonyl (C=O) groups excluding carboxylic acids is 1. The third-order valence-corrected chi connectivity index (χ3v) is 3.71. The fraction of sp³-hybridized carbons (Fsp3) is 0.158. The summed E-state index contributed by atoms with van der Waals surface area (Å²) in [7, 11) is 1.32. The molecular weight excluding hydrogens is 274 g/mol. The lowest BCUT2D eigenvalue weighted by Crippen LogP contribution is -2.28. The molecule has 0 fully saturated rings. The Hall–Kier alpha value is -2.86. The van der Waals surface area contributed by atoms with Crippen molar-refractivity contribution in [3.63, 3.8) is 0 Å². The molecule has 0 aliphatic carbocycles. The lowest BCUT2D eigenvalue weighted by molar-refractivity contribution is -0.134. The van der Waals surface area contributed by atoms with E-state index in [0.717, 1.165) is 11.1 Å². The predicted molar refractivity (Wildman–Crippen MR) is 85.1 cm³/mol. The highest BCUT2D eigenvalue weighted by Gasteiger charge is 2.36. The highest BCUT2D eigenvalue weighted by Crippen LogP contribution is 2.38. The molecule has 0 aliphatic heterocycles. The molecule has 0 atom stereocenters. The van der Waals surface area contributed by atoms with Crippen LogP contribution in [0.2, 0.25) is 0 Å². The summed E-state index contributed by atoms with van der Waals surface area (Å²) in [4.78, 5) is 11.6. The van der Waals surface area contributed by atoms with Gasteiger partial charge in [0, 0.05) is 6.08 Å². The summed E-state index contributed by atoms with van der Waals surface area (Å²) < 4.78 is 4.71. The largest absolute Gasteiger partial charge is 0.466 e. The van der Waals surface area contributed by atoms with Crippen LogP contribution in [-0.2, 0) is 14.9 Å². The summed E-state index contributed by atoms with van der Waals surface area (Å²) in [6.07, 6.45) is 1.38. The maximum absolute atomic E-state index is 11.6. The second-order valence-electron chi connectivity index (χ2n) is 4.94. The van der Waals surface area contributed by atoms with Crippen molar-refractivity contribution in [2.45, 2.75) is 12.3 Å². The summed E-state index contributed by atoms with van der Waals surface area (Å²) >= 11 is 0. The summed E-state index contributed by atoms with van der Waals surface area (Å²) in [6, 6.07) is 21.3. The number of methoxy groups -OCH3 is 1. The van der Waals surface area contributed by atoms with Crippen LogP contribution >= 0.6 is 0 Å². The van der Waals surface area contributed by atoms with Gasteiger partial charge < -0.3 is 4.74 Å². The van der Waals surface area contributed by atoms with Gasteiger partial charge in [0.2, 0.25) is 0 Å². The minimum Gasteiger partial charge on any atom is -0.466 e. The van der Waals surface area contributed by atoms with Gasteiger partial charge in [0.15, 0.2) is 0 Å². The molecule has 3 heteroatoms. The average Bonchev–Trinajstić information content (AvgIpc) is 2.58. The van der Waals surface area contributed by atoms with E-state index in [1.54, 1.807) is 6.92 Å². The number of hydrogen-bond donors (Lipinski definition) is 0. The van der Waals surface area contributed by atoms with E-state index in [0.29, 0.717) is 5.57 Å². The summed E-state index contributed by atoms with van der Waals surface area (Å²) in [5.41, 5.74) is 1.25. The Morgan fingerprint density at radius 3 is 1.86 bits per heavy atom. The molecule has 110 valence electrons. The van der Waals surface area contributed by atoms with Gasteiger partial charge in [0.25, 0.3) is 0 Å². The van der Waals surface area contributed by atoms with Gasteiger partial charge in [-0.3, -0.25) is 0 Å². The van der Waals surface area contributed by atoms with E-state index in [1.165, 1.54) is 13.2 Å². The number of allylic oxidation sites excluding steroid dienone is 1. The zero-order valence-corrected chi connectivity index (χ0v) is 12.6. The van der Waals surface area contributed by atoms with Gasteiger partial charge in [0.1, 0.15) is 5.41 Å². The fourth-order valence-electron chi connectivity index (χ4n) is 2.56. The third kappa shape index (κ3) is 2.77. The van der Waals surface area contributed by atoms with Gasteiger partial charge in [-0.1, -0.05) is 60.7 Å². The fourth-order valence-corrected chi connectivity index (χ4v) is 2.56. The Labute approximate surface area is 130 Å². The predicted octanol–water partition coefficient (Wildman–Crippen LogP) is 3.62. The third-order valence-electron chi connectivity index (χ3n) is 3.71. The minimum atomic E-state index is -1.02. The maximum atomic E-state index is 11.6. The van der Waals surface area contributed by atoms with Crippen molar-refractivity contribution in [3.05, 3.63) is 83.4 Å². The first-order chi connectivity index (χ1) is 10.6. The molecule has 0 aliphatic rings. The number of hydrogen-bond acceptors (Lipinski definition) is 3. The highest BCUT2D eigenvalue weighted by molar-refractivity contribution is 5.83. The number of esters is 1. The Bertz CT molecular complexity index is 673. The first-order valence-electron chi connectivity index (χ1n) is 6.94. The van der Waals surface area contributed by atoms with Crippen LogP contribution < -0.4 is 0 Å². The van der Waals surface area contributed by atoms with E-state index in [-0.39, 0.29) is 0 Å². The van der Waals surface area contributed by atoms with Gasteiger partial charge >= 0.3 is 5.97 Å². The second-order valence-corrected chi connectivity index (χ2v) is 4.94. The smallest absolute Gasteiger partial charge is 0.330 e. The molecule has 0 amide bonds. The summed E-state index contributed by atoms with van der Waals surface area (Å²) in [5, 5.41) is 10.00. The van der Waals surface area contributed by atoms with Gasteiger partial charge in [0.05, 0.1) is 13.2 Å². The monoisotopic (exact) mass is 291 g/mol. The Morgan fingerprint density at radius 1 is 1.05 bits per heavy atom. The van der Waals surface area contributed by atoms with Gasteiger partial charge in [-0.2, -0.15) is 5.26 Å². The van der Waals surface area contributed by atoms with Crippen molar-refractivity contribution >= 4 is 5.97 Å². The van der Waals surface area contributed by atoms with Gasteiger partial charge in [-0.15, -0.1) is 0 Å². The first-order valence-corrected chi connectivity index (χ1v) is 6.94. The van der Waals surface area contributed by atoms with Crippen LogP contribution in [0.4, 0.5) is 0 Å². The molecule has 2 aromatic rings. The Balaban J connectivity index is 2.72. The molecule has 2 aromatic carbocycles. The van der Waals surface area contributed by atoms with Crippen LogP contribution in [0.5, 0.6) is 0 Å². The number of rotatable bonds is 4. The zero-order valence-electron chi connectivity index (χ0n) is 12.6. The van der Waals surface area contributed by atoms with Crippen molar-refractivity contribution < 1.29 is 9.53 Å². The van der Waals surface area contributed by atoms with Crippen LogP contribution in [0, 0.1) is 11.3 Å². The number of carbonyl (C=O) groups is 1. The molecular formula is C19H17NO2. The van der Waals surface area contributed by atoms with Crippen molar-refractivity contribution in [1.29, 1.82) is 5.26 Å². The molecule has 0 aromatic heterocycles. The van der Waals surface area contributed by atoms with Crippen LogP contribution in [0.15, 0.2) is 72.3 Å². The van der Waals surface area contributed by atoms with Crippen LogP contribution in [0.3, 0.4) is 0 Å². The molecule has 0 spiro atoms. The van der Waals surface area contributed by atoms with E-state index in [2.05, 4.69) is 6.07 Å². The Kier molecular flexibility index (Phi) is 4.75. The molecule has 3 nitrogen and oxygen atoms in total. The van der Waals surface area contributed by atoms with Crippen molar-refractivity contribution in [1.82, 2.24) is 0 Å². The highest BCUT2D eigenvalue weighted by atomic mass is 16.5. The van der Waals surface area contributed by atoms with E-state index in [1.807, 2.05) is 60.7 Å². The lowest BCUT2D eigenvalue weighted by atomic mass is 9.70. The zero-order chi connectivity index (χ0) is 16.0. The molecule has 0 saturated carbocycles.